The molecule has 0 bridgehead atoms. The molecule has 0 radical (unpaired) electrons. The largest absolute Gasteiger partial charge is 0.487 e. The highest BCUT2D eigenvalue weighted by molar-refractivity contribution is 7.89. The van der Waals surface area contributed by atoms with Crippen molar-refractivity contribution in [1.82, 2.24) is 14.2 Å². The van der Waals surface area contributed by atoms with Gasteiger partial charge < -0.3 is 14.7 Å². The van der Waals surface area contributed by atoms with Crippen LogP contribution in [0.25, 0.3) is 6.08 Å². The van der Waals surface area contributed by atoms with E-state index in [0.29, 0.717) is 0 Å². The summed E-state index contributed by atoms with van der Waals surface area (Å²) in [5, 5.41) is 9.75. The third-order valence-corrected chi connectivity index (χ3v) is 8.03. The van der Waals surface area contributed by atoms with E-state index in [1.807, 2.05) is 32.1 Å². The lowest BCUT2D eigenvalue weighted by molar-refractivity contribution is -0.130. The quantitative estimate of drug-likeness (QED) is 0.644. The molecule has 184 valence electrons. The van der Waals surface area contributed by atoms with Gasteiger partial charge >= 0.3 is 0 Å². The number of hydrogen-bond donors (Lipinski definition) is 1. The van der Waals surface area contributed by atoms with Crippen LogP contribution >= 0.6 is 0 Å². The number of ether oxygens (including phenoxy) is 1. The Kier molecular flexibility index (Phi) is 8.46. The van der Waals surface area contributed by atoms with Crippen molar-refractivity contribution in [2.24, 2.45) is 5.92 Å². The zero-order valence-electron chi connectivity index (χ0n) is 20.1. The summed E-state index contributed by atoms with van der Waals surface area (Å²) < 4.78 is 34.6. The van der Waals surface area contributed by atoms with Crippen molar-refractivity contribution in [1.29, 1.82) is 0 Å². The summed E-state index contributed by atoms with van der Waals surface area (Å²) in [5.41, 5.74) is 1.63. The van der Waals surface area contributed by atoms with Gasteiger partial charge in [-0.25, -0.2) is 8.42 Å². The Morgan fingerprint density at radius 3 is 2.79 bits per heavy atom. The summed E-state index contributed by atoms with van der Waals surface area (Å²) >= 11 is 0. The smallest absolute Gasteiger partial charge is 0.247 e. The van der Waals surface area contributed by atoms with E-state index >= 15 is 0 Å². The first-order valence-electron chi connectivity index (χ1n) is 11.4. The van der Waals surface area contributed by atoms with Crippen LogP contribution in [-0.4, -0.2) is 72.5 Å². The van der Waals surface area contributed by atoms with Crippen molar-refractivity contribution in [2.45, 2.75) is 44.2 Å². The maximum atomic E-state index is 13.5. The number of allylic oxidation sites excluding steroid dienone is 1. The van der Waals surface area contributed by atoms with E-state index in [9.17, 15) is 18.3 Å². The Balaban J connectivity index is 1.94. The number of benzene rings is 1. The molecule has 2 aromatic rings. The fraction of sp³-hybridized carbons (Fsp3) is 0.440. The van der Waals surface area contributed by atoms with Gasteiger partial charge in [-0.1, -0.05) is 31.2 Å². The number of sulfonamides is 1. The van der Waals surface area contributed by atoms with Gasteiger partial charge in [0.05, 0.1) is 19.6 Å². The lowest BCUT2D eigenvalue weighted by atomic mass is 10.0. The second-order valence-electron chi connectivity index (χ2n) is 8.76. The first-order chi connectivity index (χ1) is 16.2. The third-order valence-electron chi connectivity index (χ3n) is 6.01. The molecule has 1 aromatic carbocycles. The van der Waals surface area contributed by atoms with Crippen LogP contribution in [0.1, 0.15) is 31.9 Å². The highest BCUT2D eigenvalue weighted by Gasteiger charge is 2.38. The number of carbonyl (C=O) groups is 1. The predicted molar refractivity (Wildman–Crippen MR) is 131 cm³/mol. The summed E-state index contributed by atoms with van der Waals surface area (Å²) in [6, 6.07) is 8.02. The van der Waals surface area contributed by atoms with Crippen LogP contribution in [0.15, 0.2) is 53.7 Å². The molecule has 34 heavy (non-hydrogen) atoms. The van der Waals surface area contributed by atoms with E-state index in [2.05, 4.69) is 4.98 Å². The standard InChI is InChI=1S/C25H33N3O5S/c1-5-7-20-9-10-24-22(12-20)33-23(18(2)15-28(19(3)17-29)34(24,31)32)16-27(4)25(30)13-21-8-6-11-26-14-21/h5-12,14,18-19,23,29H,13,15-17H2,1-4H3/t18-,19+,23-/m0/s1. The zero-order valence-corrected chi connectivity index (χ0v) is 20.9. The number of aliphatic hydroxyl groups excluding tert-OH is 1. The van der Waals surface area contributed by atoms with Crippen molar-refractivity contribution in [3.05, 3.63) is 59.9 Å². The van der Waals surface area contributed by atoms with E-state index in [1.54, 1.807) is 55.5 Å². The Labute approximate surface area is 201 Å². The average molecular weight is 488 g/mol. The molecule has 0 aliphatic carbocycles. The molecule has 3 atom stereocenters. The highest BCUT2D eigenvalue weighted by Crippen LogP contribution is 2.34. The minimum Gasteiger partial charge on any atom is -0.487 e. The molecule has 0 unspecified atom stereocenters. The molecule has 0 saturated carbocycles. The summed E-state index contributed by atoms with van der Waals surface area (Å²) in [5.74, 6) is -0.0757. The first kappa shape index (κ1) is 25.9. The van der Waals surface area contributed by atoms with Gasteiger partial charge in [0.15, 0.2) is 0 Å². The fourth-order valence-electron chi connectivity index (χ4n) is 3.94. The van der Waals surface area contributed by atoms with Gasteiger partial charge in [0.1, 0.15) is 16.7 Å². The number of hydrogen-bond acceptors (Lipinski definition) is 6. The van der Waals surface area contributed by atoms with Crippen molar-refractivity contribution in [3.8, 4) is 5.75 Å². The van der Waals surface area contributed by atoms with Crippen LogP contribution in [0.3, 0.4) is 0 Å². The third kappa shape index (κ3) is 5.84. The van der Waals surface area contributed by atoms with E-state index in [-0.39, 0.29) is 48.6 Å². The normalized spacial score (nSPS) is 21.2. The molecular weight excluding hydrogens is 454 g/mol. The van der Waals surface area contributed by atoms with Crippen LogP contribution in [0, 0.1) is 5.92 Å². The van der Waals surface area contributed by atoms with E-state index in [1.165, 1.54) is 4.31 Å². The lowest BCUT2D eigenvalue weighted by Gasteiger charge is -2.37. The van der Waals surface area contributed by atoms with Gasteiger partial charge in [-0.05, 0) is 43.2 Å². The number of amides is 1. The summed E-state index contributed by atoms with van der Waals surface area (Å²) in [4.78, 5) is 18.6. The molecule has 1 N–H and O–H groups in total. The molecule has 3 rings (SSSR count). The maximum absolute atomic E-state index is 13.5. The predicted octanol–water partition coefficient (Wildman–Crippen LogP) is 2.58. The number of aliphatic hydroxyl groups is 1. The van der Waals surface area contributed by atoms with Crippen LogP contribution in [-0.2, 0) is 21.2 Å². The van der Waals surface area contributed by atoms with Crippen molar-refractivity contribution < 1.29 is 23.1 Å². The second kappa shape index (κ2) is 11.1. The SMILES string of the molecule is CC=Cc1ccc2c(c1)O[C@@H](CN(C)C(=O)Cc1cccnc1)[C@@H](C)CN([C@H](C)CO)S2(=O)=O. The Morgan fingerprint density at radius 1 is 1.38 bits per heavy atom. The van der Waals surface area contributed by atoms with Gasteiger partial charge in [-0.15, -0.1) is 0 Å². The molecular formula is C25H33N3O5S. The first-order valence-corrected chi connectivity index (χ1v) is 12.8. The monoisotopic (exact) mass is 487 g/mol. The van der Waals surface area contributed by atoms with E-state index in [4.69, 9.17) is 4.74 Å². The minimum absolute atomic E-state index is 0.0577. The maximum Gasteiger partial charge on any atom is 0.247 e. The van der Waals surface area contributed by atoms with Gasteiger partial charge in [-0.3, -0.25) is 9.78 Å². The summed E-state index contributed by atoms with van der Waals surface area (Å²) in [6.07, 6.45) is 6.82. The number of likely N-dealkylation sites (N-methyl/N-ethyl adjacent to an activating group) is 1. The molecule has 1 aliphatic rings. The lowest BCUT2D eigenvalue weighted by Crippen LogP contribution is -2.50. The van der Waals surface area contributed by atoms with Gasteiger partial charge in [-0.2, -0.15) is 4.31 Å². The highest BCUT2D eigenvalue weighted by atomic mass is 32.2. The van der Waals surface area contributed by atoms with Crippen LogP contribution < -0.4 is 4.74 Å². The molecule has 1 aromatic heterocycles. The second-order valence-corrected chi connectivity index (χ2v) is 10.6. The number of fused-ring (bicyclic) bond motifs is 1. The number of nitrogens with zero attached hydrogens (tertiary/aromatic N) is 3. The zero-order chi connectivity index (χ0) is 24.9. The van der Waals surface area contributed by atoms with E-state index in [0.717, 1.165) is 11.1 Å². The van der Waals surface area contributed by atoms with Crippen LogP contribution in [0.2, 0.25) is 0 Å². The molecule has 2 heterocycles. The molecule has 8 nitrogen and oxygen atoms in total. The Bertz CT molecular complexity index is 1120. The number of aromatic nitrogens is 1. The Morgan fingerprint density at radius 2 is 2.15 bits per heavy atom. The van der Waals surface area contributed by atoms with Gasteiger partial charge in [0.2, 0.25) is 15.9 Å². The molecule has 1 amide bonds. The molecule has 0 spiro atoms. The number of pyridine rings is 1. The molecule has 9 heteroatoms. The van der Waals surface area contributed by atoms with Gasteiger partial charge in [0.25, 0.3) is 0 Å². The summed E-state index contributed by atoms with van der Waals surface area (Å²) in [6.45, 7) is 5.61. The van der Waals surface area contributed by atoms with Crippen molar-refractivity contribution in [2.75, 3.05) is 26.7 Å². The number of rotatable bonds is 7. The minimum atomic E-state index is -3.89. The van der Waals surface area contributed by atoms with Crippen LogP contribution in [0.4, 0.5) is 0 Å². The average Bonchev–Trinajstić information content (AvgIpc) is 2.81. The van der Waals surface area contributed by atoms with Gasteiger partial charge in [0, 0.05) is 37.9 Å². The topological polar surface area (TPSA) is 100 Å². The van der Waals surface area contributed by atoms with Crippen molar-refractivity contribution >= 4 is 22.0 Å². The Hall–Kier alpha value is -2.75. The molecule has 0 saturated heterocycles. The molecule has 0 fully saturated rings. The summed E-state index contributed by atoms with van der Waals surface area (Å²) in [7, 11) is -2.17. The van der Waals surface area contributed by atoms with Crippen molar-refractivity contribution in [3.63, 3.8) is 0 Å². The number of carbonyl (C=O) groups excluding carboxylic acids is 1. The van der Waals surface area contributed by atoms with E-state index < -0.39 is 22.2 Å². The van der Waals surface area contributed by atoms with Crippen LogP contribution in [0.5, 0.6) is 5.75 Å². The molecule has 1 aliphatic heterocycles. The fourth-order valence-corrected chi connectivity index (χ4v) is 5.77.